The summed E-state index contributed by atoms with van der Waals surface area (Å²) in [7, 11) is 1.76. The zero-order chi connectivity index (χ0) is 22.7. The van der Waals surface area contributed by atoms with E-state index in [0.717, 1.165) is 44.6 Å². The average molecular weight is 443 g/mol. The number of piperidine rings is 1. The molecule has 8 heteroatoms. The van der Waals surface area contributed by atoms with Gasteiger partial charge in [0.05, 0.1) is 17.6 Å². The summed E-state index contributed by atoms with van der Waals surface area (Å²) in [6, 6.07) is 6.30. The van der Waals surface area contributed by atoms with Gasteiger partial charge in [0, 0.05) is 43.7 Å². The van der Waals surface area contributed by atoms with Gasteiger partial charge in [0.1, 0.15) is 11.6 Å². The summed E-state index contributed by atoms with van der Waals surface area (Å²) in [5.74, 6) is -0.877. The Morgan fingerprint density at radius 2 is 1.69 bits per heavy atom. The Hall–Kier alpha value is -3.03. The van der Waals surface area contributed by atoms with Gasteiger partial charge >= 0.3 is 6.03 Å². The van der Waals surface area contributed by atoms with Crippen LogP contribution in [0.4, 0.5) is 19.3 Å². The second kappa shape index (κ2) is 9.63. The molecule has 3 amide bonds. The number of pyridine rings is 1. The average Bonchev–Trinajstić information content (AvgIpc) is 3.33. The molecule has 2 aromatic rings. The molecule has 6 nitrogen and oxygen atoms in total. The van der Waals surface area contributed by atoms with Crippen LogP contribution in [0.25, 0.3) is 11.3 Å². The van der Waals surface area contributed by atoms with Crippen molar-refractivity contribution in [3.05, 3.63) is 48.2 Å². The van der Waals surface area contributed by atoms with Crippen LogP contribution >= 0.6 is 0 Å². The van der Waals surface area contributed by atoms with E-state index in [4.69, 9.17) is 0 Å². The van der Waals surface area contributed by atoms with Crippen LogP contribution in [0, 0.1) is 17.6 Å². The maximum atomic E-state index is 13.4. The Morgan fingerprint density at radius 3 is 2.28 bits per heavy atom. The van der Waals surface area contributed by atoms with Crippen LogP contribution in [0.15, 0.2) is 36.5 Å². The quantitative estimate of drug-likeness (QED) is 0.748. The molecule has 1 aromatic carbocycles. The molecule has 0 unspecified atom stereocenters. The number of hydrogen-bond acceptors (Lipinski definition) is 3. The predicted molar refractivity (Wildman–Crippen MR) is 118 cm³/mol. The molecule has 2 heterocycles. The lowest BCUT2D eigenvalue weighted by atomic mass is 10.0. The third-order valence-electron chi connectivity index (χ3n) is 6.52. The topological polar surface area (TPSA) is 65.5 Å². The molecule has 1 aliphatic carbocycles. The van der Waals surface area contributed by atoms with Gasteiger partial charge < -0.3 is 15.1 Å². The van der Waals surface area contributed by atoms with Crippen LogP contribution in [-0.4, -0.2) is 52.9 Å². The Kier molecular flexibility index (Phi) is 6.67. The second-order valence-corrected chi connectivity index (χ2v) is 8.67. The van der Waals surface area contributed by atoms with E-state index in [1.165, 1.54) is 18.3 Å². The first-order valence-corrected chi connectivity index (χ1v) is 11.2. The Labute approximate surface area is 186 Å². The van der Waals surface area contributed by atoms with E-state index in [-0.39, 0.29) is 23.9 Å². The first-order chi connectivity index (χ1) is 15.4. The highest BCUT2D eigenvalue weighted by Gasteiger charge is 2.32. The van der Waals surface area contributed by atoms with Crippen molar-refractivity contribution in [2.75, 3.05) is 25.5 Å². The second-order valence-electron chi connectivity index (χ2n) is 8.67. The molecule has 2 fully saturated rings. The summed E-state index contributed by atoms with van der Waals surface area (Å²) in [5.41, 5.74) is 1.24. The number of hydrogen-bond donors (Lipinski definition) is 1. The van der Waals surface area contributed by atoms with Crippen molar-refractivity contribution in [2.45, 2.75) is 44.6 Å². The summed E-state index contributed by atoms with van der Waals surface area (Å²) >= 11 is 0. The highest BCUT2D eigenvalue weighted by molar-refractivity contribution is 5.89. The van der Waals surface area contributed by atoms with Crippen molar-refractivity contribution in [1.82, 2.24) is 14.8 Å². The highest BCUT2D eigenvalue weighted by atomic mass is 19.1. The highest BCUT2D eigenvalue weighted by Crippen LogP contribution is 2.28. The van der Waals surface area contributed by atoms with Crippen LogP contribution in [0.5, 0.6) is 0 Å². The molecule has 4 rings (SSSR count). The van der Waals surface area contributed by atoms with E-state index in [0.29, 0.717) is 30.0 Å². The van der Waals surface area contributed by atoms with Gasteiger partial charge in [-0.2, -0.15) is 0 Å². The van der Waals surface area contributed by atoms with E-state index in [2.05, 4.69) is 10.3 Å². The smallest absolute Gasteiger partial charge is 0.321 e. The lowest BCUT2D eigenvalue weighted by molar-refractivity contribution is -0.136. The number of benzene rings is 1. The van der Waals surface area contributed by atoms with Crippen LogP contribution in [0.1, 0.15) is 38.5 Å². The van der Waals surface area contributed by atoms with Gasteiger partial charge in [-0.15, -0.1) is 0 Å². The summed E-state index contributed by atoms with van der Waals surface area (Å²) in [5, 5.41) is 2.81. The number of rotatable bonds is 4. The Morgan fingerprint density at radius 1 is 1.03 bits per heavy atom. The minimum absolute atomic E-state index is 0.0603. The third kappa shape index (κ3) is 5.06. The van der Waals surface area contributed by atoms with E-state index < -0.39 is 11.6 Å². The summed E-state index contributed by atoms with van der Waals surface area (Å²) in [6.45, 7) is 1.36. The number of amides is 3. The van der Waals surface area contributed by atoms with E-state index in [1.54, 1.807) is 24.1 Å². The number of carbonyl (C=O) groups excluding carboxylic acids is 2. The molecule has 0 spiro atoms. The van der Waals surface area contributed by atoms with E-state index in [1.807, 2.05) is 4.90 Å². The number of nitrogens with one attached hydrogen (secondary N) is 1. The van der Waals surface area contributed by atoms with Gasteiger partial charge in [0.2, 0.25) is 5.91 Å². The molecule has 1 saturated heterocycles. The van der Waals surface area contributed by atoms with Gasteiger partial charge in [-0.05, 0) is 49.9 Å². The van der Waals surface area contributed by atoms with Gasteiger partial charge in [-0.1, -0.05) is 12.8 Å². The van der Waals surface area contributed by atoms with Crippen molar-refractivity contribution in [2.24, 2.45) is 5.92 Å². The van der Waals surface area contributed by atoms with Crippen molar-refractivity contribution in [3.63, 3.8) is 0 Å². The monoisotopic (exact) mass is 442 g/mol. The van der Waals surface area contributed by atoms with Crippen LogP contribution in [0.2, 0.25) is 0 Å². The van der Waals surface area contributed by atoms with Crippen molar-refractivity contribution < 1.29 is 18.4 Å². The van der Waals surface area contributed by atoms with Crippen LogP contribution in [-0.2, 0) is 4.79 Å². The molecule has 0 bridgehead atoms. The van der Waals surface area contributed by atoms with Crippen molar-refractivity contribution >= 4 is 17.6 Å². The molecular weight excluding hydrogens is 414 g/mol. The molecule has 1 aliphatic heterocycles. The van der Waals surface area contributed by atoms with Crippen LogP contribution in [0.3, 0.4) is 0 Å². The SMILES string of the molecule is CN(C(=O)Nc1ccc(-c2cc(F)cc(F)c2)nc1)C1CCN(C(=O)C2CCCC2)CC1. The molecular formula is C24H28F2N4O2. The molecule has 170 valence electrons. The standard InChI is InChI=1S/C24H28F2N4O2/c1-29(21-8-10-30(11-9-21)23(31)16-4-2-3-5-16)24(32)28-20-6-7-22(27-15-20)17-12-18(25)14-19(26)13-17/h6-7,12-16,21H,2-5,8-11H2,1H3,(H,28,32). The van der Waals surface area contributed by atoms with Gasteiger partial charge in [-0.3, -0.25) is 9.78 Å². The number of likely N-dealkylation sites (tertiary alicyclic amines) is 1. The summed E-state index contributed by atoms with van der Waals surface area (Å²) in [4.78, 5) is 33.1. The fraction of sp³-hybridized carbons (Fsp3) is 0.458. The molecule has 1 aromatic heterocycles. The number of nitrogens with zero attached hydrogens (tertiary/aromatic N) is 3. The van der Waals surface area contributed by atoms with Gasteiger partial charge in [0.25, 0.3) is 0 Å². The van der Waals surface area contributed by atoms with Crippen molar-refractivity contribution in [1.29, 1.82) is 0 Å². The Balaban J connectivity index is 1.30. The normalized spacial score (nSPS) is 17.4. The fourth-order valence-electron chi connectivity index (χ4n) is 4.62. The lowest BCUT2D eigenvalue weighted by Gasteiger charge is -2.37. The summed E-state index contributed by atoms with van der Waals surface area (Å²) in [6.07, 6.45) is 7.27. The largest absolute Gasteiger partial charge is 0.342 e. The molecule has 0 atom stereocenters. The zero-order valence-electron chi connectivity index (χ0n) is 18.2. The Bertz CT molecular complexity index is 948. The molecule has 2 aliphatic rings. The molecule has 0 radical (unpaired) electrons. The molecule has 1 N–H and O–H groups in total. The summed E-state index contributed by atoms with van der Waals surface area (Å²) < 4.78 is 26.9. The minimum atomic E-state index is -0.670. The number of urea groups is 1. The first kappa shape index (κ1) is 22.2. The van der Waals surface area contributed by atoms with E-state index in [9.17, 15) is 18.4 Å². The van der Waals surface area contributed by atoms with Gasteiger partial charge in [0.15, 0.2) is 0 Å². The maximum absolute atomic E-state index is 13.4. The van der Waals surface area contributed by atoms with Crippen molar-refractivity contribution in [3.8, 4) is 11.3 Å². The minimum Gasteiger partial charge on any atom is -0.342 e. The number of carbonyl (C=O) groups is 2. The van der Waals surface area contributed by atoms with Crippen LogP contribution < -0.4 is 5.32 Å². The maximum Gasteiger partial charge on any atom is 0.321 e. The molecule has 32 heavy (non-hydrogen) atoms. The lowest BCUT2D eigenvalue weighted by Crippen LogP contribution is -2.49. The molecule has 1 saturated carbocycles. The zero-order valence-corrected chi connectivity index (χ0v) is 18.2. The van der Waals surface area contributed by atoms with E-state index >= 15 is 0 Å². The fourth-order valence-corrected chi connectivity index (χ4v) is 4.62. The number of aromatic nitrogens is 1. The number of halogens is 2. The third-order valence-corrected chi connectivity index (χ3v) is 6.52. The predicted octanol–water partition coefficient (Wildman–Crippen LogP) is 4.67. The number of anilines is 1. The first-order valence-electron chi connectivity index (χ1n) is 11.2. The van der Waals surface area contributed by atoms with Gasteiger partial charge in [-0.25, -0.2) is 13.6 Å².